The summed E-state index contributed by atoms with van der Waals surface area (Å²) in [4.78, 5) is 42.9. The highest BCUT2D eigenvalue weighted by Gasteiger charge is 2.64. The van der Waals surface area contributed by atoms with E-state index >= 15 is 0 Å². The molecule has 1 saturated heterocycles. The number of carbonyl (C=O) groups excluding carboxylic acids is 3. The van der Waals surface area contributed by atoms with Crippen LogP contribution in [0.5, 0.6) is 5.75 Å². The van der Waals surface area contributed by atoms with Crippen molar-refractivity contribution in [3.63, 3.8) is 0 Å². The predicted octanol–water partition coefficient (Wildman–Crippen LogP) is 0.148. The Labute approximate surface area is 226 Å². The molecular formula is C28H36N4O7. The van der Waals surface area contributed by atoms with Gasteiger partial charge < -0.3 is 36.4 Å². The van der Waals surface area contributed by atoms with E-state index in [-0.39, 0.29) is 29.7 Å². The van der Waals surface area contributed by atoms with Crippen LogP contribution in [-0.2, 0) is 27.3 Å². The number of ketones is 2. The first-order valence-corrected chi connectivity index (χ1v) is 13.3. The first-order valence-electron chi connectivity index (χ1n) is 13.3. The maximum atomic E-state index is 13.9. The molecule has 7 N–H and O–H groups in total. The zero-order valence-corrected chi connectivity index (χ0v) is 22.4. The van der Waals surface area contributed by atoms with E-state index in [4.69, 9.17) is 5.73 Å². The van der Waals surface area contributed by atoms with Crippen LogP contribution in [0.3, 0.4) is 0 Å². The maximum Gasteiger partial charge on any atom is 0.255 e. The molecule has 0 spiro atoms. The SMILES string of the molecule is CN1CCC(NCc2ccc3c(c2O)C(O)=C2C(=O)[C@]4(O)C(O)=C(C(N)=O)C(=O)[C@@H](N(C)C)[C@@H]4C[C@@H]2C3)CC1. The van der Waals surface area contributed by atoms with Crippen LogP contribution < -0.4 is 11.1 Å². The van der Waals surface area contributed by atoms with Crippen LogP contribution >= 0.6 is 0 Å². The molecule has 1 aliphatic heterocycles. The lowest BCUT2D eigenvalue weighted by Crippen LogP contribution is -2.65. The largest absolute Gasteiger partial charge is 0.508 e. The average molecular weight is 541 g/mol. The number of aliphatic hydroxyl groups excluding tert-OH is 2. The second-order valence-corrected chi connectivity index (χ2v) is 11.5. The normalized spacial score (nSPS) is 29.9. The number of carbonyl (C=O) groups is 3. The summed E-state index contributed by atoms with van der Waals surface area (Å²) in [7, 11) is 5.23. The molecule has 210 valence electrons. The van der Waals surface area contributed by atoms with Crippen molar-refractivity contribution in [3.8, 4) is 5.75 Å². The summed E-state index contributed by atoms with van der Waals surface area (Å²) < 4.78 is 0. The van der Waals surface area contributed by atoms with Crippen molar-refractivity contribution in [1.82, 2.24) is 15.1 Å². The van der Waals surface area contributed by atoms with Gasteiger partial charge in [-0.25, -0.2) is 0 Å². The molecule has 0 unspecified atom stereocenters. The lowest BCUT2D eigenvalue weighted by Gasteiger charge is -2.50. The average Bonchev–Trinajstić information content (AvgIpc) is 2.86. The highest BCUT2D eigenvalue weighted by Crippen LogP contribution is 2.52. The molecule has 11 heteroatoms. The van der Waals surface area contributed by atoms with Crippen molar-refractivity contribution in [2.24, 2.45) is 17.6 Å². The Morgan fingerprint density at radius 2 is 1.85 bits per heavy atom. The number of primary amides is 1. The molecule has 4 atom stereocenters. The van der Waals surface area contributed by atoms with Gasteiger partial charge in [0, 0.05) is 29.6 Å². The Hall–Kier alpha value is -3.25. The number of phenolic OH excluding ortho intramolecular Hbond substituents is 1. The Kier molecular flexibility index (Phi) is 6.82. The zero-order valence-electron chi connectivity index (χ0n) is 22.4. The van der Waals surface area contributed by atoms with Gasteiger partial charge in [0.25, 0.3) is 5.91 Å². The van der Waals surface area contributed by atoms with Crippen LogP contribution in [0.25, 0.3) is 5.76 Å². The number of likely N-dealkylation sites (tertiary alicyclic amines) is 1. The van der Waals surface area contributed by atoms with Crippen LogP contribution in [-0.4, -0.2) is 99.6 Å². The van der Waals surface area contributed by atoms with Crippen LogP contribution in [0.2, 0.25) is 0 Å². The summed E-state index contributed by atoms with van der Waals surface area (Å²) in [5, 5.41) is 48.6. The Bertz CT molecular complexity index is 1310. The van der Waals surface area contributed by atoms with Crippen molar-refractivity contribution in [3.05, 3.63) is 45.7 Å². The molecule has 0 bridgehead atoms. The van der Waals surface area contributed by atoms with E-state index in [0.29, 0.717) is 23.7 Å². The predicted molar refractivity (Wildman–Crippen MR) is 142 cm³/mol. The minimum Gasteiger partial charge on any atom is -0.508 e. The van der Waals surface area contributed by atoms with Gasteiger partial charge in [0.05, 0.1) is 11.6 Å². The molecule has 4 aliphatic rings. The van der Waals surface area contributed by atoms with Gasteiger partial charge in [-0.3, -0.25) is 19.3 Å². The van der Waals surface area contributed by atoms with E-state index in [1.165, 1.54) is 4.90 Å². The van der Waals surface area contributed by atoms with Crippen molar-refractivity contribution in [2.75, 3.05) is 34.2 Å². The number of benzene rings is 1. The van der Waals surface area contributed by atoms with Crippen LogP contribution in [0.15, 0.2) is 29.0 Å². The summed E-state index contributed by atoms with van der Waals surface area (Å²) in [6.45, 7) is 2.33. The summed E-state index contributed by atoms with van der Waals surface area (Å²) in [5.41, 5.74) is 3.10. The Morgan fingerprint density at radius 1 is 1.18 bits per heavy atom. The minimum absolute atomic E-state index is 0.0754. The number of aliphatic hydroxyl groups is 3. The van der Waals surface area contributed by atoms with E-state index < -0.39 is 58.0 Å². The number of nitrogens with two attached hydrogens (primary N) is 1. The van der Waals surface area contributed by atoms with Crippen molar-refractivity contribution in [1.29, 1.82) is 0 Å². The molecule has 5 rings (SSSR count). The number of piperidine rings is 1. The van der Waals surface area contributed by atoms with Gasteiger partial charge in [-0.1, -0.05) is 12.1 Å². The van der Waals surface area contributed by atoms with Crippen molar-refractivity contribution in [2.45, 2.75) is 49.9 Å². The zero-order chi connectivity index (χ0) is 28.4. The molecule has 39 heavy (non-hydrogen) atoms. The molecule has 0 aromatic heterocycles. The third-order valence-corrected chi connectivity index (χ3v) is 8.98. The van der Waals surface area contributed by atoms with Crippen LogP contribution in [0, 0.1) is 11.8 Å². The van der Waals surface area contributed by atoms with Crippen LogP contribution in [0.4, 0.5) is 0 Å². The number of nitrogens with one attached hydrogen (secondary N) is 1. The number of phenols is 1. The lowest BCUT2D eigenvalue weighted by molar-refractivity contribution is -0.153. The molecule has 3 aliphatic carbocycles. The van der Waals surface area contributed by atoms with Gasteiger partial charge in [0.1, 0.15) is 22.8 Å². The van der Waals surface area contributed by atoms with Crippen molar-refractivity contribution < 1.29 is 34.8 Å². The monoisotopic (exact) mass is 540 g/mol. The fraction of sp³-hybridized carbons (Fsp3) is 0.536. The van der Waals surface area contributed by atoms with Gasteiger partial charge in [-0.15, -0.1) is 0 Å². The number of hydrogen-bond acceptors (Lipinski definition) is 10. The summed E-state index contributed by atoms with van der Waals surface area (Å²) in [5.74, 6) is -6.38. The molecule has 1 aromatic rings. The number of rotatable bonds is 5. The Balaban J connectivity index is 1.54. The first-order chi connectivity index (χ1) is 18.4. The number of fused-ring (bicyclic) bond motifs is 3. The number of hydrogen-bond donors (Lipinski definition) is 6. The number of aromatic hydroxyl groups is 1. The second-order valence-electron chi connectivity index (χ2n) is 11.5. The van der Waals surface area contributed by atoms with Gasteiger partial charge >= 0.3 is 0 Å². The van der Waals surface area contributed by atoms with Gasteiger partial charge in [-0.05, 0) is 71.4 Å². The number of Topliss-reactive ketones (excluding diaryl/α,β-unsaturated/α-hetero) is 2. The smallest absolute Gasteiger partial charge is 0.255 e. The van der Waals surface area contributed by atoms with Gasteiger partial charge in [0.2, 0.25) is 5.78 Å². The highest BCUT2D eigenvalue weighted by molar-refractivity contribution is 6.24. The molecule has 11 nitrogen and oxygen atoms in total. The lowest BCUT2D eigenvalue weighted by atomic mass is 9.57. The fourth-order valence-corrected chi connectivity index (χ4v) is 6.87. The van der Waals surface area contributed by atoms with Crippen LogP contribution in [0.1, 0.15) is 36.0 Å². The summed E-state index contributed by atoms with van der Waals surface area (Å²) in [6, 6.07) is 2.82. The third kappa shape index (κ3) is 4.15. The van der Waals surface area contributed by atoms with E-state index in [1.807, 2.05) is 6.07 Å². The van der Waals surface area contributed by atoms with Crippen molar-refractivity contribution >= 4 is 23.2 Å². The topological polar surface area (TPSA) is 177 Å². The number of nitrogens with zero attached hydrogens (tertiary/aromatic N) is 2. The standard InChI is InChI=1S/C28H36N4O7/c1-31(2)21-17-11-15-10-13-4-5-14(12-30-16-6-8-32(3)9-7-16)22(33)18(13)23(34)19(15)25(36)28(17,39)26(37)20(24(21)35)27(29)38/h4-5,15-17,21,30,33-34,37,39H,6-12H2,1-3H3,(H2,29,38)/t15-,17-,21-,28-/m0/s1. The maximum absolute atomic E-state index is 13.9. The molecule has 2 fully saturated rings. The summed E-state index contributed by atoms with van der Waals surface area (Å²) >= 11 is 0. The van der Waals surface area contributed by atoms with E-state index in [1.54, 1.807) is 20.2 Å². The summed E-state index contributed by atoms with van der Waals surface area (Å²) in [6.07, 6.45) is 2.32. The molecule has 1 amide bonds. The van der Waals surface area contributed by atoms with E-state index in [2.05, 4.69) is 17.3 Å². The minimum atomic E-state index is -2.63. The van der Waals surface area contributed by atoms with E-state index in [9.17, 15) is 34.8 Å². The molecule has 1 heterocycles. The number of likely N-dealkylation sites (N-methyl/N-ethyl adjacent to an activating group) is 1. The second kappa shape index (κ2) is 9.74. The van der Waals surface area contributed by atoms with E-state index in [0.717, 1.165) is 25.9 Å². The number of amides is 1. The molecule has 1 saturated carbocycles. The Morgan fingerprint density at radius 3 is 2.46 bits per heavy atom. The highest BCUT2D eigenvalue weighted by atomic mass is 16.3. The molecule has 0 radical (unpaired) electrons. The van der Waals surface area contributed by atoms with Gasteiger partial charge in [-0.2, -0.15) is 0 Å². The van der Waals surface area contributed by atoms with Gasteiger partial charge in [0.15, 0.2) is 11.4 Å². The molecular weight excluding hydrogens is 504 g/mol. The fourth-order valence-electron chi connectivity index (χ4n) is 6.87. The first kappa shape index (κ1) is 27.3. The third-order valence-electron chi connectivity index (χ3n) is 8.98. The quantitative estimate of drug-likeness (QED) is 0.282. The molecule has 1 aromatic carbocycles.